The molecule has 1 heterocycles. The minimum atomic E-state index is -4.45. The molecule has 0 saturated heterocycles. The van der Waals surface area contributed by atoms with E-state index in [1.807, 2.05) is 30.3 Å². The lowest BCUT2D eigenvalue weighted by Gasteiger charge is -2.08. The Kier molecular flexibility index (Phi) is 3.36. The van der Waals surface area contributed by atoms with Gasteiger partial charge in [-0.2, -0.15) is 13.2 Å². The number of rotatable bonds is 2. The van der Waals surface area contributed by atoms with Gasteiger partial charge >= 0.3 is 11.9 Å². The van der Waals surface area contributed by atoms with Crippen LogP contribution in [0, 0.1) is 0 Å². The van der Waals surface area contributed by atoms with Crippen molar-refractivity contribution >= 4 is 0 Å². The number of imidazole rings is 1. The molecule has 22 heavy (non-hydrogen) atoms. The quantitative estimate of drug-likeness (QED) is 0.767. The first-order chi connectivity index (χ1) is 10.4. The SMILES string of the molecule is O=c1[nH]c(-c2ccccc2)cn1-c1cccc(C(F)(F)F)c1. The number of hydrogen-bond acceptors (Lipinski definition) is 1. The highest BCUT2D eigenvalue weighted by molar-refractivity contribution is 5.58. The van der Waals surface area contributed by atoms with Gasteiger partial charge in [-0.25, -0.2) is 4.79 Å². The molecule has 0 amide bonds. The maximum absolute atomic E-state index is 12.8. The first-order valence-electron chi connectivity index (χ1n) is 6.50. The van der Waals surface area contributed by atoms with Gasteiger partial charge in [0, 0.05) is 6.20 Å². The molecule has 0 aliphatic rings. The molecule has 0 aliphatic heterocycles. The summed E-state index contributed by atoms with van der Waals surface area (Å²) in [6.07, 6.45) is -2.95. The van der Waals surface area contributed by atoms with Crippen LogP contribution < -0.4 is 5.69 Å². The molecule has 3 aromatic rings. The van der Waals surface area contributed by atoms with E-state index in [0.717, 1.165) is 22.3 Å². The van der Waals surface area contributed by atoms with E-state index in [-0.39, 0.29) is 5.69 Å². The number of aromatic amines is 1. The van der Waals surface area contributed by atoms with Crippen molar-refractivity contribution in [2.45, 2.75) is 6.18 Å². The molecule has 0 unspecified atom stereocenters. The highest BCUT2D eigenvalue weighted by Gasteiger charge is 2.30. The molecule has 1 N–H and O–H groups in total. The Morgan fingerprint density at radius 1 is 0.955 bits per heavy atom. The Morgan fingerprint density at radius 2 is 1.68 bits per heavy atom. The highest BCUT2D eigenvalue weighted by Crippen LogP contribution is 2.30. The summed E-state index contributed by atoms with van der Waals surface area (Å²) in [6, 6.07) is 13.7. The Morgan fingerprint density at radius 3 is 2.36 bits per heavy atom. The van der Waals surface area contributed by atoms with Crippen LogP contribution in [0.25, 0.3) is 16.9 Å². The van der Waals surface area contributed by atoms with Gasteiger partial charge in [0.1, 0.15) is 0 Å². The van der Waals surface area contributed by atoms with Crippen LogP contribution in [0.15, 0.2) is 65.6 Å². The van der Waals surface area contributed by atoms with Gasteiger partial charge in [-0.1, -0.05) is 36.4 Å². The largest absolute Gasteiger partial charge is 0.416 e. The lowest BCUT2D eigenvalue weighted by atomic mass is 10.2. The number of alkyl halides is 3. The Bertz CT molecular complexity index is 848. The molecule has 112 valence electrons. The van der Waals surface area contributed by atoms with Crippen molar-refractivity contribution in [1.29, 1.82) is 0 Å². The molecular weight excluding hydrogens is 293 g/mol. The molecule has 0 atom stereocenters. The minimum Gasteiger partial charge on any atom is -0.305 e. The summed E-state index contributed by atoms with van der Waals surface area (Å²) in [5, 5.41) is 0. The standard InChI is InChI=1S/C16H11F3N2O/c17-16(18,19)12-7-4-8-13(9-12)21-10-14(20-15(21)22)11-5-2-1-3-6-11/h1-10H,(H,20,22). The molecule has 0 radical (unpaired) electrons. The molecule has 0 bridgehead atoms. The van der Waals surface area contributed by atoms with Crippen LogP contribution in [0.1, 0.15) is 5.56 Å². The van der Waals surface area contributed by atoms with Crippen LogP contribution in [0.5, 0.6) is 0 Å². The van der Waals surface area contributed by atoms with Crippen LogP contribution in [0.3, 0.4) is 0 Å². The molecule has 3 rings (SSSR count). The lowest BCUT2D eigenvalue weighted by molar-refractivity contribution is -0.137. The summed E-state index contributed by atoms with van der Waals surface area (Å²) in [5.41, 5.74) is 0.212. The molecule has 2 aromatic carbocycles. The molecule has 1 aromatic heterocycles. The third-order valence-corrected chi connectivity index (χ3v) is 3.26. The number of hydrogen-bond donors (Lipinski definition) is 1. The van der Waals surface area contributed by atoms with Gasteiger partial charge in [0.15, 0.2) is 0 Å². The fourth-order valence-electron chi connectivity index (χ4n) is 2.18. The second kappa shape index (κ2) is 5.22. The number of nitrogens with one attached hydrogen (secondary N) is 1. The van der Waals surface area contributed by atoms with E-state index in [1.54, 1.807) is 0 Å². The van der Waals surface area contributed by atoms with Crippen LogP contribution in [-0.2, 0) is 6.18 Å². The van der Waals surface area contributed by atoms with E-state index in [2.05, 4.69) is 4.98 Å². The summed E-state index contributed by atoms with van der Waals surface area (Å²) < 4.78 is 39.4. The first-order valence-corrected chi connectivity index (χ1v) is 6.50. The van der Waals surface area contributed by atoms with Crippen molar-refractivity contribution in [3.63, 3.8) is 0 Å². The molecule has 0 saturated carbocycles. The van der Waals surface area contributed by atoms with Gasteiger partial charge < -0.3 is 4.98 Å². The van der Waals surface area contributed by atoms with Gasteiger partial charge in [0.25, 0.3) is 0 Å². The van der Waals surface area contributed by atoms with Gasteiger partial charge in [0.2, 0.25) is 0 Å². The van der Waals surface area contributed by atoms with E-state index in [0.29, 0.717) is 5.69 Å². The zero-order valence-electron chi connectivity index (χ0n) is 11.3. The predicted octanol–water partition coefficient (Wildman–Crippen LogP) is 3.85. The monoisotopic (exact) mass is 304 g/mol. The molecule has 0 fully saturated rings. The fraction of sp³-hybridized carbons (Fsp3) is 0.0625. The molecule has 0 aliphatic carbocycles. The van der Waals surface area contributed by atoms with Crippen LogP contribution >= 0.6 is 0 Å². The third-order valence-electron chi connectivity index (χ3n) is 3.26. The van der Waals surface area contributed by atoms with E-state index in [9.17, 15) is 18.0 Å². The normalized spacial score (nSPS) is 11.6. The minimum absolute atomic E-state index is 0.165. The topological polar surface area (TPSA) is 37.8 Å². The van der Waals surface area contributed by atoms with Gasteiger partial charge in [-0.3, -0.25) is 4.57 Å². The third kappa shape index (κ3) is 2.67. The van der Waals surface area contributed by atoms with Crippen molar-refractivity contribution < 1.29 is 13.2 Å². The van der Waals surface area contributed by atoms with Crippen molar-refractivity contribution in [1.82, 2.24) is 9.55 Å². The summed E-state index contributed by atoms with van der Waals surface area (Å²) in [7, 11) is 0. The fourth-order valence-corrected chi connectivity index (χ4v) is 2.18. The zero-order valence-corrected chi connectivity index (χ0v) is 11.3. The highest BCUT2D eigenvalue weighted by atomic mass is 19.4. The number of H-pyrrole nitrogens is 1. The number of halogens is 3. The number of benzene rings is 2. The number of aromatic nitrogens is 2. The average molecular weight is 304 g/mol. The second-order valence-electron chi connectivity index (χ2n) is 4.76. The summed E-state index contributed by atoms with van der Waals surface area (Å²) in [4.78, 5) is 14.6. The van der Waals surface area contributed by atoms with Gasteiger partial charge in [0.05, 0.1) is 16.9 Å². The Labute approximate surface area is 123 Å². The van der Waals surface area contributed by atoms with Crippen molar-refractivity contribution in [2.24, 2.45) is 0 Å². The van der Waals surface area contributed by atoms with Crippen molar-refractivity contribution in [2.75, 3.05) is 0 Å². The second-order valence-corrected chi connectivity index (χ2v) is 4.76. The maximum atomic E-state index is 12.8. The van der Waals surface area contributed by atoms with Crippen LogP contribution in [0.2, 0.25) is 0 Å². The zero-order chi connectivity index (χ0) is 15.7. The molecule has 3 nitrogen and oxygen atoms in total. The van der Waals surface area contributed by atoms with E-state index in [4.69, 9.17) is 0 Å². The number of nitrogens with zero attached hydrogens (tertiary/aromatic N) is 1. The summed E-state index contributed by atoms with van der Waals surface area (Å²) in [6.45, 7) is 0. The van der Waals surface area contributed by atoms with Crippen molar-refractivity contribution in [3.8, 4) is 16.9 Å². The molecule has 0 spiro atoms. The van der Waals surface area contributed by atoms with Gasteiger partial charge in [-0.05, 0) is 23.8 Å². The Hall–Kier alpha value is -2.76. The van der Waals surface area contributed by atoms with Crippen LogP contribution in [-0.4, -0.2) is 9.55 Å². The van der Waals surface area contributed by atoms with Crippen molar-refractivity contribution in [3.05, 3.63) is 76.8 Å². The first kappa shape index (κ1) is 14.2. The molecular formula is C16H11F3N2O. The lowest BCUT2D eigenvalue weighted by Crippen LogP contribution is -2.15. The van der Waals surface area contributed by atoms with Gasteiger partial charge in [-0.15, -0.1) is 0 Å². The maximum Gasteiger partial charge on any atom is 0.416 e. The Balaban J connectivity index is 2.07. The van der Waals surface area contributed by atoms with E-state index < -0.39 is 17.4 Å². The average Bonchev–Trinajstić information content (AvgIpc) is 2.89. The van der Waals surface area contributed by atoms with E-state index in [1.165, 1.54) is 18.3 Å². The summed E-state index contributed by atoms with van der Waals surface area (Å²) in [5.74, 6) is 0. The molecule has 6 heteroatoms. The smallest absolute Gasteiger partial charge is 0.305 e. The van der Waals surface area contributed by atoms with Crippen LogP contribution in [0.4, 0.5) is 13.2 Å². The van der Waals surface area contributed by atoms with E-state index >= 15 is 0 Å². The predicted molar refractivity (Wildman–Crippen MR) is 76.8 cm³/mol. The summed E-state index contributed by atoms with van der Waals surface area (Å²) >= 11 is 0.